The van der Waals surface area contributed by atoms with Crippen LogP contribution in [0.15, 0.2) is 31.0 Å². The molecular formula is C11H15N5. The van der Waals surface area contributed by atoms with Crippen molar-refractivity contribution in [3.63, 3.8) is 0 Å². The van der Waals surface area contributed by atoms with Gasteiger partial charge in [0.25, 0.3) is 0 Å². The minimum absolute atomic E-state index is 0.791. The first-order chi connectivity index (χ1) is 7.84. The molecule has 0 saturated heterocycles. The molecule has 0 aliphatic carbocycles. The van der Waals surface area contributed by atoms with E-state index in [0.29, 0.717) is 0 Å². The van der Waals surface area contributed by atoms with Gasteiger partial charge >= 0.3 is 0 Å². The molecular weight excluding hydrogens is 202 g/mol. The van der Waals surface area contributed by atoms with Gasteiger partial charge in [-0.1, -0.05) is 0 Å². The molecule has 2 aromatic rings. The van der Waals surface area contributed by atoms with Crippen molar-refractivity contribution in [3.8, 4) is 0 Å². The summed E-state index contributed by atoms with van der Waals surface area (Å²) in [7, 11) is 0. The number of aromatic nitrogens is 4. The molecule has 0 unspecified atom stereocenters. The third-order valence-electron chi connectivity index (χ3n) is 2.23. The zero-order chi connectivity index (χ0) is 11.2. The van der Waals surface area contributed by atoms with Gasteiger partial charge < -0.3 is 9.88 Å². The molecule has 5 nitrogen and oxygen atoms in total. The number of aryl methyl sites for hydroxylation is 2. The molecule has 0 atom stereocenters. The fraction of sp³-hybridized carbons (Fsp3) is 0.364. The van der Waals surface area contributed by atoms with E-state index in [1.54, 1.807) is 12.4 Å². The van der Waals surface area contributed by atoms with Crippen LogP contribution < -0.4 is 5.32 Å². The van der Waals surface area contributed by atoms with Gasteiger partial charge in [0.1, 0.15) is 11.6 Å². The lowest BCUT2D eigenvalue weighted by atomic mass is 10.4. The molecule has 2 rings (SSSR count). The van der Waals surface area contributed by atoms with Crippen LogP contribution in [-0.2, 0) is 6.54 Å². The number of rotatable bonds is 5. The Morgan fingerprint density at radius 2 is 2.31 bits per heavy atom. The highest BCUT2D eigenvalue weighted by Gasteiger charge is 1.94. The maximum Gasteiger partial charge on any atom is 0.129 e. The Hall–Kier alpha value is -1.91. The van der Waals surface area contributed by atoms with E-state index in [0.717, 1.165) is 31.2 Å². The van der Waals surface area contributed by atoms with Crippen LogP contribution in [0.4, 0.5) is 5.82 Å². The highest BCUT2D eigenvalue weighted by molar-refractivity contribution is 5.32. The minimum Gasteiger partial charge on any atom is -0.370 e. The fourth-order valence-electron chi connectivity index (χ4n) is 1.45. The molecule has 2 aromatic heterocycles. The maximum absolute atomic E-state index is 4.27. The van der Waals surface area contributed by atoms with Gasteiger partial charge in [0.05, 0.1) is 6.33 Å². The van der Waals surface area contributed by atoms with Crippen LogP contribution >= 0.6 is 0 Å². The van der Waals surface area contributed by atoms with Crippen LogP contribution in [0.2, 0.25) is 0 Å². The zero-order valence-electron chi connectivity index (χ0n) is 9.30. The highest BCUT2D eigenvalue weighted by atomic mass is 15.0. The van der Waals surface area contributed by atoms with Crippen molar-refractivity contribution in [2.75, 3.05) is 11.9 Å². The van der Waals surface area contributed by atoms with Gasteiger partial charge in [0.2, 0.25) is 0 Å². The largest absolute Gasteiger partial charge is 0.370 e. The number of anilines is 1. The van der Waals surface area contributed by atoms with Crippen molar-refractivity contribution in [3.05, 3.63) is 36.8 Å². The fourth-order valence-corrected chi connectivity index (χ4v) is 1.45. The summed E-state index contributed by atoms with van der Waals surface area (Å²) in [6, 6.07) is 1.88. The molecule has 16 heavy (non-hydrogen) atoms. The van der Waals surface area contributed by atoms with Crippen molar-refractivity contribution in [1.82, 2.24) is 19.5 Å². The van der Waals surface area contributed by atoms with Gasteiger partial charge in [0.15, 0.2) is 0 Å². The Balaban J connectivity index is 1.72. The number of imidazole rings is 1. The molecule has 0 radical (unpaired) electrons. The van der Waals surface area contributed by atoms with Crippen molar-refractivity contribution >= 4 is 5.82 Å². The third kappa shape index (κ3) is 3.05. The smallest absolute Gasteiger partial charge is 0.129 e. The lowest BCUT2D eigenvalue weighted by Crippen LogP contribution is -2.07. The van der Waals surface area contributed by atoms with Crippen LogP contribution in [0.3, 0.4) is 0 Å². The van der Waals surface area contributed by atoms with E-state index in [1.807, 2.05) is 25.5 Å². The van der Waals surface area contributed by atoms with E-state index >= 15 is 0 Å². The Kier molecular flexibility index (Phi) is 3.48. The highest BCUT2D eigenvalue weighted by Crippen LogP contribution is 2.01. The van der Waals surface area contributed by atoms with Crippen molar-refractivity contribution < 1.29 is 0 Å². The molecule has 0 aliphatic rings. The molecule has 0 aromatic carbocycles. The Morgan fingerprint density at radius 1 is 1.38 bits per heavy atom. The molecule has 84 valence electrons. The van der Waals surface area contributed by atoms with E-state index in [4.69, 9.17) is 0 Å². The molecule has 0 spiro atoms. The first-order valence-corrected chi connectivity index (χ1v) is 5.34. The first kappa shape index (κ1) is 10.6. The average Bonchev–Trinajstić information content (AvgIpc) is 2.77. The second-order valence-electron chi connectivity index (χ2n) is 3.57. The van der Waals surface area contributed by atoms with E-state index < -0.39 is 0 Å². The molecule has 2 heterocycles. The molecule has 0 saturated carbocycles. The van der Waals surface area contributed by atoms with E-state index in [9.17, 15) is 0 Å². The lowest BCUT2D eigenvalue weighted by Gasteiger charge is -2.05. The normalized spacial score (nSPS) is 10.3. The zero-order valence-corrected chi connectivity index (χ0v) is 9.30. The molecule has 0 aliphatic heterocycles. The van der Waals surface area contributed by atoms with Gasteiger partial charge in [-0.2, -0.15) is 0 Å². The molecule has 0 bridgehead atoms. The Bertz CT molecular complexity index is 424. The third-order valence-corrected chi connectivity index (χ3v) is 2.23. The Morgan fingerprint density at radius 3 is 3.06 bits per heavy atom. The summed E-state index contributed by atoms with van der Waals surface area (Å²) < 4.78 is 2.06. The molecule has 0 amide bonds. The van der Waals surface area contributed by atoms with Crippen LogP contribution in [0, 0.1) is 6.92 Å². The second-order valence-corrected chi connectivity index (χ2v) is 3.57. The quantitative estimate of drug-likeness (QED) is 0.771. The number of hydrogen-bond acceptors (Lipinski definition) is 4. The number of hydrogen-bond donors (Lipinski definition) is 1. The SMILES string of the molecule is Cc1nccc(NCCCn2ccnc2)n1. The standard InChI is InChI=1S/C11H15N5/c1-10-13-5-3-11(15-10)14-4-2-7-16-8-6-12-9-16/h3,5-6,8-9H,2,4,7H2,1H3,(H,13,14,15). The molecule has 5 heteroatoms. The van der Waals surface area contributed by atoms with E-state index in [1.165, 1.54) is 0 Å². The van der Waals surface area contributed by atoms with Crippen molar-refractivity contribution in [2.45, 2.75) is 19.9 Å². The lowest BCUT2D eigenvalue weighted by molar-refractivity contribution is 0.660. The second kappa shape index (κ2) is 5.25. The number of nitrogens with one attached hydrogen (secondary N) is 1. The van der Waals surface area contributed by atoms with E-state index in [2.05, 4.69) is 24.8 Å². The summed E-state index contributed by atoms with van der Waals surface area (Å²) in [6.07, 6.45) is 8.39. The predicted octanol–water partition coefficient (Wildman–Crippen LogP) is 1.48. The average molecular weight is 217 g/mol. The molecule has 0 fully saturated rings. The predicted molar refractivity (Wildman–Crippen MR) is 62.1 cm³/mol. The summed E-state index contributed by atoms with van der Waals surface area (Å²) in [6.45, 7) is 3.75. The summed E-state index contributed by atoms with van der Waals surface area (Å²) in [4.78, 5) is 12.3. The Labute approximate surface area is 94.6 Å². The monoisotopic (exact) mass is 217 g/mol. The van der Waals surface area contributed by atoms with Gasteiger partial charge in [-0.15, -0.1) is 0 Å². The van der Waals surface area contributed by atoms with Crippen molar-refractivity contribution in [1.29, 1.82) is 0 Å². The van der Waals surface area contributed by atoms with Gasteiger partial charge in [-0.25, -0.2) is 15.0 Å². The first-order valence-electron chi connectivity index (χ1n) is 5.34. The van der Waals surface area contributed by atoms with Crippen LogP contribution in [-0.4, -0.2) is 26.1 Å². The van der Waals surface area contributed by atoms with Crippen LogP contribution in [0.5, 0.6) is 0 Å². The van der Waals surface area contributed by atoms with Gasteiger partial charge in [0, 0.05) is 31.7 Å². The summed E-state index contributed by atoms with van der Waals surface area (Å²) in [5.74, 6) is 1.68. The summed E-state index contributed by atoms with van der Waals surface area (Å²) in [5, 5.41) is 3.26. The van der Waals surface area contributed by atoms with Crippen LogP contribution in [0.25, 0.3) is 0 Å². The van der Waals surface area contributed by atoms with Crippen LogP contribution in [0.1, 0.15) is 12.2 Å². The van der Waals surface area contributed by atoms with Gasteiger partial charge in [-0.3, -0.25) is 0 Å². The maximum atomic E-state index is 4.27. The summed E-state index contributed by atoms with van der Waals surface area (Å²) in [5.41, 5.74) is 0. The van der Waals surface area contributed by atoms with Gasteiger partial charge in [-0.05, 0) is 19.4 Å². The number of nitrogens with zero attached hydrogens (tertiary/aromatic N) is 4. The van der Waals surface area contributed by atoms with E-state index in [-0.39, 0.29) is 0 Å². The summed E-state index contributed by atoms with van der Waals surface area (Å²) >= 11 is 0. The molecule has 1 N–H and O–H groups in total. The van der Waals surface area contributed by atoms with Crippen molar-refractivity contribution in [2.24, 2.45) is 0 Å². The topological polar surface area (TPSA) is 55.6 Å². The minimum atomic E-state index is 0.791.